The average molecular weight is 231 g/mol. The lowest BCUT2D eigenvalue weighted by Crippen LogP contribution is -2.34. The quantitative estimate of drug-likeness (QED) is 0.719. The van der Waals surface area contributed by atoms with E-state index < -0.39 is 5.79 Å². The van der Waals surface area contributed by atoms with Crippen molar-refractivity contribution in [1.29, 1.82) is 5.26 Å². The van der Waals surface area contributed by atoms with Gasteiger partial charge < -0.3 is 14.4 Å². The molecule has 0 unspecified atom stereocenters. The van der Waals surface area contributed by atoms with E-state index in [1.165, 1.54) is 0 Å². The first kappa shape index (κ1) is 10.5. The Morgan fingerprint density at radius 3 is 3.00 bits per heavy atom. The molecule has 1 aromatic heterocycles. The molecule has 17 heavy (non-hydrogen) atoms. The number of hydrogen-bond donors (Lipinski definition) is 0. The molecule has 1 aromatic rings. The topological polar surface area (TPSA) is 58.4 Å². The van der Waals surface area contributed by atoms with Gasteiger partial charge in [-0.05, 0) is 12.1 Å². The molecule has 0 atom stereocenters. The van der Waals surface area contributed by atoms with Crippen molar-refractivity contribution in [3.63, 3.8) is 0 Å². The highest BCUT2D eigenvalue weighted by Gasteiger charge is 2.43. The molecule has 2 saturated heterocycles. The zero-order valence-corrected chi connectivity index (χ0v) is 9.43. The van der Waals surface area contributed by atoms with Gasteiger partial charge in [0.2, 0.25) is 0 Å². The monoisotopic (exact) mass is 231 g/mol. The van der Waals surface area contributed by atoms with E-state index in [4.69, 9.17) is 14.7 Å². The molecule has 0 aromatic carbocycles. The first-order chi connectivity index (χ1) is 8.33. The number of rotatable bonds is 1. The molecule has 2 fully saturated rings. The van der Waals surface area contributed by atoms with Crippen LogP contribution in [0.4, 0.5) is 5.69 Å². The van der Waals surface area contributed by atoms with Gasteiger partial charge in [-0.25, -0.2) is 4.98 Å². The van der Waals surface area contributed by atoms with Crippen LogP contribution < -0.4 is 4.90 Å². The molecule has 0 bridgehead atoms. The number of nitrogens with zero attached hydrogens (tertiary/aromatic N) is 3. The van der Waals surface area contributed by atoms with Crippen molar-refractivity contribution in [2.24, 2.45) is 0 Å². The number of nitriles is 1. The fourth-order valence-corrected chi connectivity index (χ4v) is 2.43. The molecule has 5 nitrogen and oxygen atoms in total. The minimum atomic E-state index is -0.456. The summed E-state index contributed by atoms with van der Waals surface area (Å²) in [7, 11) is 0. The molecule has 2 aliphatic heterocycles. The van der Waals surface area contributed by atoms with Crippen LogP contribution in [0.2, 0.25) is 0 Å². The minimum Gasteiger partial charge on any atom is -0.364 e. The van der Waals surface area contributed by atoms with Crippen LogP contribution in [0.5, 0.6) is 0 Å². The number of hydrogen-bond acceptors (Lipinski definition) is 5. The Bertz CT molecular complexity index is 463. The van der Waals surface area contributed by atoms with Crippen LogP contribution in [-0.4, -0.2) is 37.1 Å². The maximum Gasteiger partial charge on any atom is 0.187 e. The molecular weight excluding hydrogens is 218 g/mol. The Labute approximate surface area is 99.6 Å². The summed E-state index contributed by atoms with van der Waals surface area (Å²) in [5, 5.41) is 9.03. The number of pyridine rings is 1. The average Bonchev–Trinajstić information content (AvgIpc) is 3.00. The van der Waals surface area contributed by atoms with Gasteiger partial charge in [0.15, 0.2) is 11.5 Å². The molecule has 0 radical (unpaired) electrons. The Balaban J connectivity index is 1.85. The van der Waals surface area contributed by atoms with E-state index in [-0.39, 0.29) is 0 Å². The maximum absolute atomic E-state index is 9.03. The van der Waals surface area contributed by atoms with Crippen molar-refractivity contribution in [3.05, 3.63) is 24.0 Å². The van der Waals surface area contributed by atoms with Gasteiger partial charge in [0.05, 0.1) is 25.4 Å². The smallest absolute Gasteiger partial charge is 0.187 e. The molecule has 2 aliphatic rings. The lowest BCUT2D eigenvalue weighted by atomic mass is 10.2. The van der Waals surface area contributed by atoms with Crippen LogP contribution in [0, 0.1) is 11.3 Å². The normalized spacial score (nSPS) is 21.9. The van der Waals surface area contributed by atoms with Crippen molar-refractivity contribution in [3.8, 4) is 6.07 Å². The fourth-order valence-electron chi connectivity index (χ4n) is 2.43. The van der Waals surface area contributed by atoms with E-state index in [9.17, 15) is 0 Å². The highest BCUT2D eigenvalue weighted by Crippen LogP contribution is 2.33. The lowest BCUT2D eigenvalue weighted by molar-refractivity contribution is -0.137. The minimum absolute atomic E-state index is 0.456. The van der Waals surface area contributed by atoms with Crippen molar-refractivity contribution in [2.75, 3.05) is 31.2 Å². The summed E-state index contributed by atoms with van der Waals surface area (Å²) in [4.78, 5) is 6.18. The number of ether oxygens (including phenoxy) is 2. The van der Waals surface area contributed by atoms with Gasteiger partial charge in [-0.3, -0.25) is 0 Å². The largest absolute Gasteiger partial charge is 0.364 e. The highest BCUT2D eigenvalue weighted by molar-refractivity contribution is 5.56. The van der Waals surface area contributed by atoms with E-state index in [2.05, 4.69) is 16.0 Å². The second-order valence-corrected chi connectivity index (χ2v) is 4.26. The first-order valence-corrected chi connectivity index (χ1v) is 5.71. The first-order valence-electron chi connectivity index (χ1n) is 5.71. The van der Waals surface area contributed by atoms with Crippen molar-refractivity contribution in [1.82, 2.24) is 4.98 Å². The third kappa shape index (κ3) is 1.75. The zero-order valence-electron chi connectivity index (χ0n) is 9.43. The molecule has 88 valence electrons. The van der Waals surface area contributed by atoms with Crippen LogP contribution in [0.1, 0.15) is 12.1 Å². The predicted octanol–water partition coefficient (Wildman–Crippen LogP) is 0.906. The maximum atomic E-state index is 9.03. The SMILES string of the molecule is N#Cc1ncccc1N1CCC2(C1)OCCO2. The van der Waals surface area contributed by atoms with Gasteiger partial charge in [-0.1, -0.05) is 0 Å². The molecular formula is C12H13N3O2. The van der Waals surface area contributed by atoms with Crippen LogP contribution in [0.25, 0.3) is 0 Å². The van der Waals surface area contributed by atoms with Gasteiger partial charge in [0, 0.05) is 19.2 Å². The second-order valence-electron chi connectivity index (χ2n) is 4.26. The second kappa shape index (κ2) is 3.99. The van der Waals surface area contributed by atoms with Crippen LogP contribution in [-0.2, 0) is 9.47 Å². The molecule has 3 rings (SSSR count). The Kier molecular flexibility index (Phi) is 2.46. The van der Waals surface area contributed by atoms with Crippen LogP contribution in [0.3, 0.4) is 0 Å². The molecule has 0 aliphatic carbocycles. The van der Waals surface area contributed by atoms with Crippen LogP contribution >= 0.6 is 0 Å². The van der Waals surface area contributed by atoms with Gasteiger partial charge in [-0.2, -0.15) is 5.26 Å². The standard InChI is InChI=1S/C12H13N3O2/c13-8-10-11(2-1-4-14-10)15-5-3-12(9-15)16-6-7-17-12/h1-2,4H,3,5-7,9H2. The summed E-state index contributed by atoms with van der Waals surface area (Å²) in [6.45, 7) is 2.83. The Hall–Kier alpha value is -1.64. The molecule has 0 N–H and O–H groups in total. The van der Waals surface area contributed by atoms with E-state index >= 15 is 0 Å². The van der Waals surface area contributed by atoms with Gasteiger partial charge in [0.25, 0.3) is 0 Å². The van der Waals surface area contributed by atoms with Gasteiger partial charge in [0.1, 0.15) is 6.07 Å². The molecule has 3 heterocycles. The van der Waals surface area contributed by atoms with Crippen molar-refractivity contribution >= 4 is 5.69 Å². The Morgan fingerprint density at radius 1 is 1.41 bits per heavy atom. The highest BCUT2D eigenvalue weighted by atomic mass is 16.7. The summed E-state index contributed by atoms with van der Waals surface area (Å²) < 4.78 is 11.3. The predicted molar refractivity (Wildman–Crippen MR) is 60.4 cm³/mol. The van der Waals surface area contributed by atoms with Crippen molar-refractivity contribution < 1.29 is 9.47 Å². The lowest BCUT2D eigenvalue weighted by Gasteiger charge is -2.23. The summed E-state index contributed by atoms with van der Waals surface area (Å²) in [5.74, 6) is -0.456. The fraction of sp³-hybridized carbons (Fsp3) is 0.500. The number of aromatic nitrogens is 1. The third-order valence-electron chi connectivity index (χ3n) is 3.24. The molecule has 1 spiro atoms. The third-order valence-corrected chi connectivity index (χ3v) is 3.24. The summed E-state index contributed by atoms with van der Waals surface area (Å²) in [6.07, 6.45) is 2.48. The summed E-state index contributed by atoms with van der Waals surface area (Å²) in [6, 6.07) is 5.88. The zero-order chi connectivity index (χ0) is 11.7. The van der Waals surface area contributed by atoms with Gasteiger partial charge >= 0.3 is 0 Å². The van der Waals surface area contributed by atoms with E-state index in [1.54, 1.807) is 6.20 Å². The van der Waals surface area contributed by atoms with Crippen molar-refractivity contribution in [2.45, 2.75) is 12.2 Å². The molecule has 0 saturated carbocycles. The number of anilines is 1. The summed E-state index contributed by atoms with van der Waals surface area (Å²) >= 11 is 0. The summed E-state index contributed by atoms with van der Waals surface area (Å²) in [5.41, 5.74) is 1.33. The van der Waals surface area contributed by atoms with Gasteiger partial charge in [-0.15, -0.1) is 0 Å². The van der Waals surface area contributed by atoms with E-state index in [0.717, 1.165) is 18.7 Å². The molecule has 5 heteroatoms. The Morgan fingerprint density at radius 2 is 2.24 bits per heavy atom. The molecule has 0 amide bonds. The van der Waals surface area contributed by atoms with Crippen LogP contribution in [0.15, 0.2) is 18.3 Å². The van der Waals surface area contributed by atoms with E-state index in [0.29, 0.717) is 25.5 Å². The van der Waals surface area contributed by atoms with E-state index in [1.807, 2.05) is 12.1 Å².